The number of hydrogen-bond acceptors (Lipinski definition) is 4. The van der Waals surface area contributed by atoms with E-state index in [4.69, 9.17) is 5.73 Å². The number of carbonyl (C=O) groups excluding carboxylic acids is 1. The first-order chi connectivity index (χ1) is 10.0. The van der Waals surface area contributed by atoms with Crippen LogP contribution < -0.4 is 11.1 Å². The average Bonchev–Trinajstić information content (AvgIpc) is 2.86. The molecule has 0 saturated carbocycles. The van der Waals surface area contributed by atoms with Gasteiger partial charge in [-0.1, -0.05) is 23.8 Å². The summed E-state index contributed by atoms with van der Waals surface area (Å²) in [6.45, 7) is 4.61. The number of amides is 1. The van der Waals surface area contributed by atoms with Crippen LogP contribution in [0.1, 0.15) is 24.6 Å². The highest BCUT2D eigenvalue weighted by atomic mass is 35.5. The smallest absolute Gasteiger partial charge is 0.226 e. The minimum Gasteiger partial charge on any atom is -0.356 e. The van der Waals surface area contributed by atoms with Crippen LogP contribution in [0.25, 0.3) is 10.6 Å². The molecule has 128 valence electrons. The molecule has 0 radical (unpaired) electrons. The van der Waals surface area contributed by atoms with E-state index in [1.54, 1.807) is 11.3 Å². The fourth-order valence-electron chi connectivity index (χ4n) is 1.97. The molecule has 0 spiro atoms. The largest absolute Gasteiger partial charge is 0.356 e. The maximum Gasteiger partial charge on any atom is 0.226 e. The molecule has 0 aliphatic carbocycles. The van der Waals surface area contributed by atoms with Crippen molar-refractivity contribution in [2.75, 3.05) is 6.54 Å². The summed E-state index contributed by atoms with van der Waals surface area (Å²) in [5.41, 5.74) is 8.77. The van der Waals surface area contributed by atoms with E-state index >= 15 is 0 Å². The lowest BCUT2D eigenvalue weighted by atomic mass is 10.1. The van der Waals surface area contributed by atoms with Gasteiger partial charge in [-0.05, 0) is 26.3 Å². The second kappa shape index (κ2) is 10.6. The van der Waals surface area contributed by atoms with Crippen molar-refractivity contribution >= 4 is 42.1 Å². The van der Waals surface area contributed by atoms with Crippen LogP contribution in [0.3, 0.4) is 0 Å². The van der Waals surface area contributed by atoms with Gasteiger partial charge in [0.15, 0.2) is 0 Å². The van der Waals surface area contributed by atoms with Gasteiger partial charge in [-0.15, -0.1) is 36.2 Å². The van der Waals surface area contributed by atoms with Crippen molar-refractivity contribution in [2.24, 2.45) is 5.73 Å². The highest BCUT2D eigenvalue weighted by Crippen LogP contribution is 2.24. The van der Waals surface area contributed by atoms with Crippen molar-refractivity contribution in [3.63, 3.8) is 0 Å². The summed E-state index contributed by atoms with van der Waals surface area (Å²) in [4.78, 5) is 16.3. The van der Waals surface area contributed by atoms with Crippen molar-refractivity contribution in [3.8, 4) is 10.6 Å². The van der Waals surface area contributed by atoms with Gasteiger partial charge in [-0.2, -0.15) is 0 Å². The van der Waals surface area contributed by atoms with Gasteiger partial charge in [-0.25, -0.2) is 4.98 Å². The number of halogens is 2. The Hall–Kier alpha value is -1.14. The fourth-order valence-corrected chi connectivity index (χ4v) is 2.78. The van der Waals surface area contributed by atoms with Crippen molar-refractivity contribution < 1.29 is 4.79 Å². The van der Waals surface area contributed by atoms with Gasteiger partial charge < -0.3 is 11.1 Å². The van der Waals surface area contributed by atoms with Crippen LogP contribution in [-0.4, -0.2) is 23.5 Å². The van der Waals surface area contributed by atoms with E-state index in [0.29, 0.717) is 13.0 Å². The van der Waals surface area contributed by atoms with Gasteiger partial charge in [0.05, 0.1) is 12.1 Å². The molecule has 1 unspecified atom stereocenters. The molecular weight excluding hydrogens is 353 g/mol. The maximum atomic E-state index is 11.8. The molecule has 0 fully saturated rings. The SMILES string of the molecule is Cc1cccc(-c2nc(CC(=O)NCCC(C)N)cs2)c1.Cl.Cl. The molecule has 0 bridgehead atoms. The van der Waals surface area contributed by atoms with Gasteiger partial charge in [0.25, 0.3) is 0 Å². The van der Waals surface area contributed by atoms with Crippen LogP contribution >= 0.6 is 36.2 Å². The van der Waals surface area contributed by atoms with Gasteiger partial charge in [0.2, 0.25) is 5.91 Å². The number of thiazole rings is 1. The number of nitrogens with one attached hydrogen (secondary N) is 1. The lowest BCUT2D eigenvalue weighted by Crippen LogP contribution is -2.30. The summed E-state index contributed by atoms with van der Waals surface area (Å²) < 4.78 is 0. The third kappa shape index (κ3) is 7.31. The number of rotatable bonds is 6. The number of carbonyl (C=O) groups is 1. The van der Waals surface area contributed by atoms with Crippen LogP contribution in [0.2, 0.25) is 0 Å². The lowest BCUT2D eigenvalue weighted by molar-refractivity contribution is -0.120. The summed E-state index contributed by atoms with van der Waals surface area (Å²) >= 11 is 1.57. The topological polar surface area (TPSA) is 68.0 Å². The van der Waals surface area contributed by atoms with E-state index in [1.165, 1.54) is 5.56 Å². The van der Waals surface area contributed by atoms with E-state index in [9.17, 15) is 4.79 Å². The minimum absolute atomic E-state index is 0. The van der Waals surface area contributed by atoms with Gasteiger partial charge in [0.1, 0.15) is 5.01 Å². The molecule has 4 nitrogen and oxygen atoms in total. The number of nitrogens with zero attached hydrogens (tertiary/aromatic N) is 1. The summed E-state index contributed by atoms with van der Waals surface area (Å²) in [6, 6.07) is 8.33. The Morgan fingerprint density at radius 3 is 2.78 bits per heavy atom. The number of aryl methyl sites for hydroxylation is 1. The quantitative estimate of drug-likeness (QED) is 0.812. The second-order valence-electron chi connectivity index (χ2n) is 5.31. The Labute approximate surface area is 153 Å². The Kier molecular flexibility index (Phi) is 10.1. The van der Waals surface area contributed by atoms with E-state index in [0.717, 1.165) is 22.7 Å². The van der Waals surface area contributed by atoms with Crippen LogP contribution in [0.5, 0.6) is 0 Å². The van der Waals surface area contributed by atoms with Crippen molar-refractivity contribution in [1.82, 2.24) is 10.3 Å². The molecular formula is C16H23Cl2N3OS. The zero-order valence-corrected chi connectivity index (χ0v) is 15.7. The molecule has 1 aromatic heterocycles. The zero-order chi connectivity index (χ0) is 15.2. The zero-order valence-electron chi connectivity index (χ0n) is 13.2. The third-order valence-electron chi connectivity index (χ3n) is 3.08. The second-order valence-corrected chi connectivity index (χ2v) is 6.16. The Bertz CT molecular complexity index is 617. The van der Waals surface area contributed by atoms with E-state index in [2.05, 4.69) is 29.4 Å². The first-order valence-electron chi connectivity index (χ1n) is 7.08. The predicted octanol–water partition coefficient (Wildman–Crippen LogP) is 3.36. The average molecular weight is 376 g/mol. The minimum atomic E-state index is -0.00302. The first-order valence-corrected chi connectivity index (χ1v) is 7.96. The Morgan fingerprint density at radius 1 is 1.39 bits per heavy atom. The van der Waals surface area contributed by atoms with Crippen LogP contribution in [0, 0.1) is 6.92 Å². The number of aromatic nitrogens is 1. The monoisotopic (exact) mass is 375 g/mol. The molecule has 3 N–H and O–H groups in total. The van der Waals surface area contributed by atoms with Gasteiger partial charge >= 0.3 is 0 Å². The third-order valence-corrected chi connectivity index (χ3v) is 4.02. The predicted molar refractivity (Wildman–Crippen MR) is 102 cm³/mol. The fraction of sp³-hybridized carbons (Fsp3) is 0.375. The molecule has 1 aromatic carbocycles. The Balaban J connectivity index is 0.00000242. The molecule has 1 amide bonds. The Morgan fingerprint density at radius 2 is 2.13 bits per heavy atom. The first kappa shape index (κ1) is 21.9. The standard InChI is InChI=1S/C16H21N3OS.2ClH/c1-11-4-3-5-13(8-11)16-19-14(10-21-16)9-15(20)18-7-6-12(2)17;;/h3-5,8,10,12H,6-7,9,17H2,1-2H3,(H,18,20);2*1H. The van der Waals surface area contributed by atoms with E-state index in [-0.39, 0.29) is 36.8 Å². The van der Waals surface area contributed by atoms with Crippen molar-refractivity contribution in [3.05, 3.63) is 40.9 Å². The van der Waals surface area contributed by atoms with E-state index in [1.807, 2.05) is 24.4 Å². The molecule has 2 rings (SSSR count). The molecule has 7 heteroatoms. The van der Waals surface area contributed by atoms with E-state index < -0.39 is 0 Å². The molecule has 1 heterocycles. The molecule has 1 atom stereocenters. The summed E-state index contributed by atoms with van der Waals surface area (Å²) in [5, 5.41) is 5.77. The van der Waals surface area contributed by atoms with Gasteiger partial charge in [0, 0.05) is 23.5 Å². The number of nitrogens with two attached hydrogens (primary N) is 1. The molecule has 23 heavy (non-hydrogen) atoms. The van der Waals surface area contributed by atoms with Crippen molar-refractivity contribution in [2.45, 2.75) is 32.7 Å². The number of hydrogen-bond donors (Lipinski definition) is 2. The summed E-state index contributed by atoms with van der Waals surface area (Å²) in [6.07, 6.45) is 1.11. The molecule has 0 aliphatic rings. The van der Waals surface area contributed by atoms with Crippen LogP contribution in [0.4, 0.5) is 0 Å². The van der Waals surface area contributed by atoms with Crippen LogP contribution in [0.15, 0.2) is 29.6 Å². The summed E-state index contributed by atoms with van der Waals surface area (Å²) in [7, 11) is 0. The lowest BCUT2D eigenvalue weighted by Gasteiger charge is -2.06. The highest BCUT2D eigenvalue weighted by Gasteiger charge is 2.09. The molecule has 0 aliphatic heterocycles. The molecule has 2 aromatic rings. The maximum absolute atomic E-state index is 11.8. The summed E-state index contributed by atoms with van der Waals surface area (Å²) in [5.74, 6) is -0.00302. The van der Waals surface area contributed by atoms with Crippen LogP contribution in [-0.2, 0) is 11.2 Å². The number of benzene rings is 1. The molecule has 0 saturated heterocycles. The normalized spacial score (nSPS) is 11.1. The highest BCUT2D eigenvalue weighted by molar-refractivity contribution is 7.13. The van der Waals surface area contributed by atoms with Gasteiger partial charge in [-0.3, -0.25) is 4.79 Å². The van der Waals surface area contributed by atoms with Crippen molar-refractivity contribution in [1.29, 1.82) is 0 Å².